The molecular weight excluding hydrogens is 733 g/mol. The summed E-state index contributed by atoms with van der Waals surface area (Å²) in [6.07, 6.45) is 49.8. The van der Waals surface area contributed by atoms with Crippen LogP contribution in [0.25, 0.3) is 0 Å². The molecule has 0 heterocycles. The van der Waals surface area contributed by atoms with Crippen LogP contribution < -0.4 is 0 Å². The van der Waals surface area contributed by atoms with Crippen molar-refractivity contribution < 1.29 is 28.6 Å². The fraction of sp³-hybridized carbons (Fsp3) is 0.943. The van der Waals surface area contributed by atoms with Crippen molar-refractivity contribution in [3.8, 4) is 0 Å². The Bertz CT molecular complexity index is 889. The summed E-state index contributed by atoms with van der Waals surface area (Å²) in [7, 11) is 0. The molecular formula is C53H102O6. The standard InChI is InChI=1S/C53H102O6/c1-5-8-10-12-13-14-15-16-24-28-31-34-38-42-46-53(56)59-50(47-57-51(54)44-40-35-11-9-6-2)48-58-52(55)45-41-37-33-30-27-25-22-20-18-17-19-21-23-26-29-32-36-39-43-49(4)7-3/h49-50H,5-48H2,1-4H3/t49?,50-/m1/s1. The van der Waals surface area contributed by atoms with Gasteiger partial charge < -0.3 is 14.2 Å². The third-order valence-electron chi connectivity index (χ3n) is 12.4. The van der Waals surface area contributed by atoms with Gasteiger partial charge in [0.25, 0.3) is 0 Å². The Morgan fingerprint density at radius 2 is 0.593 bits per heavy atom. The largest absolute Gasteiger partial charge is 0.462 e. The van der Waals surface area contributed by atoms with Crippen LogP contribution in [0.4, 0.5) is 0 Å². The second-order valence-electron chi connectivity index (χ2n) is 18.4. The summed E-state index contributed by atoms with van der Waals surface area (Å²) >= 11 is 0. The summed E-state index contributed by atoms with van der Waals surface area (Å²) in [5, 5.41) is 0. The third-order valence-corrected chi connectivity index (χ3v) is 12.4. The zero-order chi connectivity index (χ0) is 43.1. The molecule has 0 bridgehead atoms. The van der Waals surface area contributed by atoms with Crippen molar-refractivity contribution in [2.45, 2.75) is 303 Å². The summed E-state index contributed by atoms with van der Waals surface area (Å²) in [4.78, 5) is 37.6. The summed E-state index contributed by atoms with van der Waals surface area (Å²) in [5.41, 5.74) is 0. The zero-order valence-electron chi connectivity index (χ0n) is 40.2. The number of carbonyl (C=O) groups is 3. The van der Waals surface area contributed by atoms with Crippen LogP contribution in [0.2, 0.25) is 0 Å². The van der Waals surface area contributed by atoms with E-state index in [4.69, 9.17) is 14.2 Å². The first-order chi connectivity index (χ1) is 28.9. The Balaban J connectivity index is 4.04. The highest BCUT2D eigenvalue weighted by Crippen LogP contribution is 2.18. The maximum atomic E-state index is 12.7. The van der Waals surface area contributed by atoms with Gasteiger partial charge in [-0.05, 0) is 25.2 Å². The number of carbonyl (C=O) groups excluding carboxylic acids is 3. The Kier molecular flexibility index (Phi) is 46.2. The molecule has 6 nitrogen and oxygen atoms in total. The first-order valence-corrected chi connectivity index (χ1v) is 26.4. The van der Waals surface area contributed by atoms with Gasteiger partial charge in [0.05, 0.1) is 0 Å². The molecule has 0 spiro atoms. The SMILES string of the molecule is CCCCCCCCCCCCCCCCC(=O)O[C@H](COC(=O)CCCCCCC)COC(=O)CCCCCCCCCCCCCCCCCCCCC(C)CC. The minimum absolute atomic E-state index is 0.0637. The predicted molar refractivity (Wildman–Crippen MR) is 252 cm³/mol. The minimum atomic E-state index is -0.758. The molecule has 0 aromatic rings. The van der Waals surface area contributed by atoms with Crippen LogP contribution in [-0.2, 0) is 28.6 Å². The lowest BCUT2D eigenvalue weighted by Gasteiger charge is -2.18. The number of hydrogen-bond acceptors (Lipinski definition) is 6. The molecule has 0 fully saturated rings. The van der Waals surface area contributed by atoms with Crippen LogP contribution in [-0.4, -0.2) is 37.2 Å². The smallest absolute Gasteiger partial charge is 0.306 e. The average molecular weight is 835 g/mol. The fourth-order valence-corrected chi connectivity index (χ4v) is 8.01. The number of rotatable bonds is 48. The van der Waals surface area contributed by atoms with Crippen LogP contribution in [0.1, 0.15) is 297 Å². The molecule has 2 atom stereocenters. The molecule has 0 aliphatic rings. The van der Waals surface area contributed by atoms with E-state index in [2.05, 4.69) is 27.7 Å². The maximum Gasteiger partial charge on any atom is 0.306 e. The lowest BCUT2D eigenvalue weighted by molar-refractivity contribution is -0.167. The summed E-state index contributed by atoms with van der Waals surface area (Å²) in [6.45, 7) is 9.00. The van der Waals surface area contributed by atoms with Gasteiger partial charge in [-0.3, -0.25) is 14.4 Å². The minimum Gasteiger partial charge on any atom is -0.462 e. The quantitative estimate of drug-likeness (QED) is 0.0345. The molecule has 350 valence electrons. The molecule has 0 aliphatic heterocycles. The number of unbranched alkanes of at least 4 members (excludes halogenated alkanes) is 34. The molecule has 0 saturated heterocycles. The van der Waals surface area contributed by atoms with Crippen LogP contribution in [0.15, 0.2) is 0 Å². The van der Waals surface area contributed by atoms with E-state index in [1.807, 2.05) is 0 Å². The van der Waals surface area contributed by atoms with Crippen LogP contribution in [0, 0.1) is 5.92 Å². The first kappa shape index (κ1) is 57.4. The highest BCUT2D eigenvalue weighted by molar-refractivity contribution is 5.71. The topological polar surface area (TPSA) is 78.9 Å². The van der Waals surface area contributed by atoms with Gasteiger partial charge in [-0.15, -0.1) is 0 Å². The third kappa shape index (κ3) is 45.8. The van der Waals surface area contributed by atoms with Gasteiger partial charge in [0.1, 0.15) is 13.2 Å². The second kappa shape index (κ2) is 47.5. The number of esters is 3. The van der Waals surface area contributed by atoms with Crippen molar-refractivity contribution in [1.29, 1.82) is 0 Å². The summed E-state index contributed by atoms with van der Waals surface area (Å²) in [5.74, 6) is 0.0515. The van der Waals surface area contributed by atoms with E-state index in [1.165, 1.54) is 186 Å². The molecule has 0 aliphatic carbocycles. The van der Waals surface area contributed by atoms with Crippen LogP contribution >= 0.6 is 0 Å². The molecule has 0 N–H and O–H groups in total. The monoisotopic (exact) mass is 835 g/mol. The van der Waals surface area contributed by atoms with Gasteiger partial charge in [0, 0.05) is 19.3 Å². The van der Waals surface area contributed by atoms with E-state index in [0.717, 1.165) is 70.1 Å². The van der Waals surface area contributed by atoms with Crippen molar-refractivity contribution >= 4 is 17.9 Å². The molecule has 0 saturated carbocycles. The van der Waals surface area contributed by atoms with Gasteiger partial charge >= 0.3 is 17.9 Å². The second-order valence-corrected chi connectivity index (χ2v) is 18.4. The van der Waals surface area contributed by atoms with E-state index in [0.29, 0.717) is 19.3 Å². The van der Waals surface area contributed by atoms with Gasteiger partial charge in [0.15, 0.2) is 6.10 Å². The molecule has 0 amide bonds. The van der Waals surface area contributed by atoms with Gasteiger partial charge in [0.2, 0.25) is 0 Å². The van der Waals surface area contributed by atoms with E-state index in [-0.39, 0.29) is 31.1 Å². The normalized spacial score (nSPS) is 12.4. The molecule has 0 rings (SSSR count). The lowest BCUT2D eigenvalue weighted by atomic mass is 9.99. The molecule has 6 heteroatoms. The molecule has 0 aromatic carbocycles. The Morgan fingerprint density at radius 3 is 0.881 bits per heavy atom. The predicted octanol–water partition coefficient (Wildman–Crippen LogP) is 17.1. The summed E-state index contributed by atoms with van der Waals surface area (Å²) in [6, 6.07) is 0. The van der Waals surface area contributed by atoms with Crippen molar-refractivity contribution in [3.05, 3.63) is 0 Å². The van der Waals surface area contributed by atoms with Crippen molar-refractivity contribution in [1.82, 2.24) is 0 Å². The Labute approximate surface area is 368 Å². The van der Waals surface area contributed by atoms with Crippen molar-refractivity contribution in [3.63, 3.8) is 0 Å². The maximum absolute atomic E-state index is 12.7. The van der Waals surface area contributed by atoms with Crippen LogP contribution in [0.3, 0.4) is 0 Å². The van der Waals surface area contributed by atoms with Gasteiger partial charge in [-0.2, -0.15) is 0 Å². The first-order valence-electron chi connectivity index (χ1n) is 26.4. The van der Waals surface area contributed by atoms with Crippen molar-refractivity contribution in [2.75, 3.05) is 13.2 Å². The van der Waals surface area contributed by atoms with Gasteiger partial charge in [-0.25, -0.2) is 0 Å². The van der Waals surface area contributed by atoms with E-state index in [9.17, 15) is 14.4 Å². The number of hydrogen-bond donors (Lipinski definition) is 0. The summed E-state index contributed by atoms with van der Waals surface area (Å²) < 4.78 is 16.7. The lowest BCUT2D eigenvalue weighted by Crippen LogP contribution is -2.30. The Hall–Kier alpha value is -1.59. The molecule has 0 aromatic heterocycles. The average Bonchev–Trinajstić information content (AvgIpc) is 3.23. The zero-order valence-corrected chi connectivity index (χ0v) is 40.2. The van der Waals surface area contributed by atoms with Gasteiger partial charge in [-0.1, -0.05) is 259 Å². The van der Waals surface area contributed by atoms with E-state index < -0.39 is 6.10 Å². The van der Waals surface area contributed by atoms with E-state index in [1.54, 1.807) is 0 Å². The highest BCUT2D eigenvalue weighted by Gasteiger charge is 2.19. The van der Waals surface area contributed by atoms with E-state index >= 15 is 0 Å². The van der Waals surface area contributed by atoms with Crippen molar-refractivity contribution in [2.24, 2.45) is 5.92 Å². The molecule has 59 heavy (non-hydrogen) atoms. The Morgan fingerprint density at radius 1 is 0.339 bits per heavy atom. The fourth-order valence-electron chi connectivity index (χ4n) is 8.01. The highest BCUT2D eigenvalue weighted by atomic mass is 16.6. The molecule has 1 unspecified atom stereocenters. The number of ether oxygens (including phenoxy) is 3. The van der Waals surface area contributed by atoms with Crippen LogP contribution in [0.5, 0.6) is 0 Å². The molecule has 0 radical (unpaired) electrons.